The third-order valence-electron chi connectivity index (χ3n) is 1.78. The van der Waals surface area contributed by atoms with E-state index in [0.29, 0.717) is 12.0 Å². The first-order valence-electron chi connectivity index (χ1n) is 2.99. The molecule has 0 amide bonds. The minimum atomic E-state index is 0.398. The SMILES string of the molecule is [CH]1COC2COCC12. The number of hydrogen-bond donors (Lipinski definition) is 0. The molecule has 0 spiro atoms. The van der Waals surface area contributed by atoms with Crippen LogP contribution < -0.4 is 0 Å². The highest BCUT2D eigenvalue weighted by Gasteiger charge is 2.33. The molecular formula is C6H9O2. The van der Waals surface area contributed by atoms with Crippen molar-refractivity contribution in [2.75, 3.05) is 19.8 Å². The zero-order chi connectivity index (χ0) is 5.40. The topological polar surface area (TPSA) is 18.5 Å². The number of ether oxygens (including phenoxy) is 2. The summed E-state index contributed by atoms with van der Waals surface area (Å²) in [4.78, 5) is 0. The van der Waals surface area contributed by atoms with Gasteiger partial charge >= 0.3 is 0 Å². The molecule has 0 aromatic rings. The van der Waals surface area contributed by atoms with Gasteiger partial charge in [-0.2, -0.15) is 0 Å². The lowest BCUT2D eigenvalue weighted by atomic mass is 10.1. The Morgan fingerprint density at radius 2 is 2.38 bits per heavy atom. The Hall–Kier alpha value is -0.0800. The van der Waals surface area contributed by atoms with Gasteiger partial charge in [0.1, 0.15) is 0 Å². The fraction of sp³-hybridized carbons (Fsp3) is 0.833. The van der Waals surface area contributed by atoms with Gasteiger partial charge in [0.25, 0.3) is 0 Å². The van der Waals surface area contributed by atoms with Gasteiger partial charge in [-0.05, 0) is 6.42 Å². The van der Waals surface area contributed by atoms with Crippen LogP contribution in [-0.4, -0.2) is 25.9 Å². The molecule has 1 radical (unpaired) electrons. The van der Waals surface area contributed by atoms with Crippen LogP contribution in [0.25, 0.3) is 0 Å². The second-order valence-electron chi connectivity index (χ2n) is 2.31. The summed E-state index contributed by atoms with van der Waals surface area (Å²) < 4.78 is 10.5. The van der Waals surface area contributed by atoms with Gasteiger partial charge in [-0.15, -0.1) is 0 Å². The fourth-order valence-corrected chi connectivity index (χ4v) is 1.25. The first-order valence-corrected chi connectivity index (χ1v) is 2.99. The van der Waals surface area contributed by atoms with Gasteiger partial charge in [-0.1, -0.05) is 0 Å². The Labute approximate surface area is 48.8 Å². The summed E-state index contributed by atoms with van der Waals surface area (Å²) in [5, 5.41) is 0. The molecule has 2 saturated heterocycles. The molecule has 2 fully saturated rings. The second kappa shape index (κ2) is 1.71. The number of rotatable bonds is 0. The summed E-state index contributed by atoms with van der Waals surface area (Å²) in [7, 11) is 0. The van der Waals surface area contributed by atoms with E-state index >= 15 is 0 Å². The van der Waals surface area contributed by atoms with Gasteiger partial charge in [0.2, 0.25) is 0 Å². The van der Waals surface area contributed by atoms with Crippen molar-refractivity contribution in [1.82, 2.24) is 0 Å². The molecule has 2 atom stereocenters. The Balaban J connectivity index is 2.04. The minimum Gasteiger partial charge on any atom is -0.378 e. The molecule has 2 rings (SSSR count). The van der Waals surface area contributed by atoms with Crippen molar-refractivity contribution in [1.29, 1.82) is 0 Å². The molecule has 0 bridgehead atoms. The fourth-order valence-electron chi connectivity index (χ4n) is 1.25. The number of hydrogen-bond acceptors (Lipinski definition) is 2. The predicted molar refractivity (Wildman–Crippen MR) is 28.3 cm³/mol. The van der Waals surface area contributed by atoms with Crippen LogP contribution in [0.5, 0.6) is 0 Å². The van der Waals surface area contributed by atoms with Crippen LogP contribution in [-0.2, 0) is 9.47 Å². The standard InChI is InChI=1S/C6H9O2/c1-2-8-6-4-7-3-5(1)6/h1,5-6H,2-4H2. The zero-order valence-electron chi connectivity index (χ0n) is 4.67. The van der Waals surface area contributed by atoms with Crippen LogP contribution in [0.4, 0.5) is 0 Å². The van der Waals surface area contributed by atoms with Crippen LogP contribution in [0, 0.1) is 12.3 Å². The molecule has 2 unspecified atom stereocenters. The van der Waals surface area contributed by atoms with Gasteiger partial charge in [-0.25, -0.2) is 0 Å². The Morgan fingerprint density at radius 1 is 1.38 bits per heavy atom. The summed E-state index contributed by atoms with van der Waals surface area (Å²) in [6.45, 7) is 2.52. The molecule has 8 heavy (non-hydrogen) atoms. The van der Waals surface area contributed by atoms with E-state index in [1.807, 2.05) is 0 Å². The van der Waals surface area contributed by atoms with Gasteiger partial charge < -0.3 is 9.47 Å². The van der Waals surface area contributed by atoms with Crippen LogP contribution in [0.1, 0.15) is 0 Å². The molecule has 2 heterocycles. The lowest BCUT2D eigenvalue weighted by Gasteiger charge is -2.00. The average molecular weight is 113 g/mol. The maximum atomic E-state index is 5.30. The highest BCUT2D eigenvalue weighted by atomic mass is 16.6. The minimum absolute atomic E-state index is 0.398. The largest absolute Gasteiger partial charge is 0.378 e. The van der Waals surface area contributed by atoms with E-state index in [4.69, 9.17) is 9.47 Å². The van der Waals surface area contributed by atoms with Crippen molar-refractivity contribution in [2.45, 2.75) is 6.10 Å². The van der Waals surface area contributed by atoms with Crippen LogP contribution in [0.2, 0.25) is 0 Å². The molecule has 2 aliphatic rings. The normalized spacial score (nSPS) is 45.0. The molecule has 45 valence electrons. The van der Waals surface area contributed by atoms with Gasteiger partial charge in [-0.3, -0.25) is 0 Å². The molecular weight excluding hydrogens is 104 g/mol. The van der Waals surface area contributed by atoms with Crippen molar-refractivity contribution < 1.29 is 9.47 Å². The van der Waals surface area contributed by atoms with Gasteiger partial charge in [0.15, 0.2) is 0 Å². The first-order chi connectivity index (χ1) is 3.97. The third-order valence-corrected chi connectivity index (χ3v) is 1.78. The molecule has 0 N–H and O–H groups in total. The van der Waals surface area contributed by atoms with Crippen LogP contribution in [0.15, 0.2) is 0 Å². The monoisotopic (exact) mass is 113 g/mol. The van der Waals surface area contributed by atoms with Crippen molar-refractivity contribution in [3.63, 3.8) is 0 Å². The molecule has 2 heteroatoms. The Kier molecular flexibility index (Phi) is 1.02. The summed E-state index contributed by atoms with van der Waals surface area (Å²) in [6.07, 6.45) is 2.59. The summed E-state index contributed by atoms with van der Waals surface area (Å²) in [5.41, 5.74) is 0. The Morgan fingerprint density at radius 3 is 3.25 bits per heavy atom. The lowest BCUT2D eigenvalue weighted by Crippen LogP contribution is -2.11. The average Bonchev–Trinajstić information content (AvgIpc) is 2.15. The number of fused-ring (bicyclic) bond motifs is 1. The third kappa shape index (κ3) is 0.565. The van der Waals surface area contributed by atoms with Gasteiger partial charge in [0, 0.05) is 5.92 Å². The second-order valence-corrected chi connectivity index (χ2v) is 2.31. The highest BCUT2D eigenvalue weighted by molar-refractivity contribution is 4.92. The van der Waals surface area contributed by atoms with E-state index < -0.39 is 0 Å². The molecule has 0 aromatic carbocycles. The van der Waals surface area contributed by atoms with Crippen molar-refractivity contribution in [2.24, 2.45) is 5.92 Å². The summed E-state index contributed by atoms with van der Waals surface area (Å²) >= 11 is 0. The zero-order valence-corrected chi connectivity index (χ0v) is 4.67. The first kappa shape index (κ1) is 4.77. The van der Waals surface area contributed by atoms with Crippen LogP contribution in [0.3, 0.4) is 0 Å². The molecule has 0 saturated carbocycles. The van der Waals surface area contributed by atoms with Crippen molar-refractivity contribution >= 4 is 0 Å². The van der Waals surface area contributed by atoms with E-state index in [2.05, 4.69) is 6.42 Å². The molecule has 0 aliphatic carbocycles. The highest BCUT2D eigenvalue weighted by Crippen LogP contribution is 2.25. The Bertz CT molecular complexity index is 72.5. The van der Waals surface area contributed by atoms with E-state index in [-0.39, 0.29) is 0 Å². The molecule has 2 aliphatic heterocycles. The van der Waals surface area contributed by atoms with E-state index in [9.17, 15) is 0 Å². The van der Waals surface area contributed by atoms with Crippen molar-refractivity contribution in [3.8, 4) is 0 Å². The molecule has 0 aromatic heterocycles. The smallest absolute Gasteiger partial charge is 0.0862 e. The molecule has 2 nitrogen and oxygen atoms in total. The summed E-state index contributed by atoms with van der Waals surface area (Å²) in [5.74, 6) is 0.606. The van der Waals surface area contributed by atoms with Crippen LogP contribution >= 0.6 is 0 Å². The lowest BCUT2D eigenvalue weighted by molar-refractivity contribution is 0.0745. The quantitative estimate of drug-likeness (QED) is 0.448. The predicted octanol–water partition coefficient (Wildman–Crippen LogP) is 0.236. The maximum absolute atomic E-state index is 5.30. The maximum Gasteiger partial charge on any atom is 0.0862 e. The summed E-state index contributed by atoms with van der Waals surface area (Å²) in [6, 6.07) is 0. The van der Waals surface area contributed by atoms with Crippen molar-refractivity contribution in [3.05, 3.63) is 6.42 Å². The van der Waals surface area contributed by atoms with Gasteiger partial charge in [0.05, 0.1) is 25.9 Å². The van der Waals surface area contributed by atoms with E-state index in [1.54, 1.807) is 0 Å². The van der Waals surface area contributed by atoms with E-state index in [0.717, 1.165) is 19.8 Å². The van der Waals surface area contributed by atoms with E-state index in [1.165, 1.54) is 0 Å².